The molecular formula is C9H7F4N3. The lowest BCUT2D eigenvalue weighted by molar-refractivity contribution is -0.117. The van der Waals surface area contributed by atoms with Crippen molar-refractivity contribution in [2.45, 2.75) is 12.3 Å². The van der Waals surface area contributed by atoms with Crippen LogP contribution in [-0.2, 0) is 0 Å². The zero-order valence-corrected chi connectivity index (χ0v) is 7.92. The van der Waals surface area contributed by atoms with Crippen molar-refractivity contribution in [3.8, 4) is 6.07 Å². The van der Waals surface area contributed by atoms with Gasteiger partial charge in [-0.2, -0.15) is 14.0 Å². The minimum Gasteiger partial charge on any atom is -0.364 e. The number of pyridine rings is 1. The van der Waals surface area contributed by atoms with Gasteiger partial charge < -0.3 is 5.32 Å². The van der Waals surface area contributed by atoms with E-state index in [1.54, 1.807) is 6.07 Å². The zero-order chi connectivity index (χ0) is 12.2. The molecule has 0 aliphatic heterocycles. The molecule has 3 nitrogen and oxygen atoms in total. The number of rotatable bonds is 4. The standard InChI is InChI=1S/C9H7F4N3/c10-8(11)9(12,13)5-15-7-3-1-2-6(4-14)16-7/h1-3,8H,5H2,(H,15,16). The fraction of sp³-hybridized carbons (Fsp3) is 0.333. The van der Waals surface area contributed by atoms with Gasteiger partial charge in [0.25, 0.3) is 0 Å². The highest BCUT2D eigenvalue weighted by Gasteiger charge is 2.40. The van der Waals surface area contributed by atoms with Crippen LogP contribution in [0.15, 0.2) is 18.2 Å². The number of anilines is 1. The average molecular weight is 233 g/mol. The molecular weight excluding hydrogens is 226 g/mol. The van der Waals surface area contributed by atoms with Crippen molar-refractivity contribution < 1.29 is 17.6 Å². The molecule has 1 aromatic heterocycles. The molecule has 0 saturated heterocycles. The van der Waals surface area contributed by atoms with Crippen LogP contribution in [0.3, 0.4) is 0 Å². The minimum absolute atomic E-state index is 0.0189. The van der Waals surface area contributed by atoms with Gasteiger partial charge in [-0.1, -0.05) is 6.07 Å². The molecule has 86 valence electrons. The van der Waals surface area contributed by atoms with Crippen LogP contribution in [0.25, 0.3) is 0 Å². The quantitative estimate of drug-likeness (QED) is 0.811. The Hall–Kier alpha value is -1.84. The van der Waals surface area contributed by atoms with Crippen LogP contribution < -0.4 is 5.32 Å². The van der Waals surface area contributed by atoms with Crippen LogP contribution in [0.5, 0.6) is 0 Å². The van der Waals surface area contributed by atoms with Crippen molar-refractivity contribution in [1.82, 2.24) is 4.98 Å². The van der Waals surface area contributed by atoms with E-state index in [4.69, 9.17) is 5.26 Å². The number of hydrogen-bond acceptors (Lipinski definition) is 3. The molecule has 0 fully saturated rings. The molecule has 0 radical (unpaired) electrons. The Morgan fingerprint density at radius 3 is 2.69 bits per heavy atom. The van der Waals surface area contributed by atoms with Crippen molar-refractivity contribution in [1.29, 1.82) is 5.26 Å². The number of nitrogens with one attached hydrogen (secondary N) is 1. The number of alkyl halides is 4. The van der Waals surface area contributed by atoms with Crippen LogP contribution in [0.1, 0.15) is 5.69 Å². The van der Waals surface area contributed by atoms with Gasteiger partial charge >= 0.3 is 12.3 Å². The lowest BCUT2D eigenvalue weighted by atomic mass is 10.3. The Kier molecular flexibility index (Phi) is 3.66. The SMILES string of the molecule is N#Cc1cccc(NCC(F)(F)C(F)F)n1. The van der Waals surface area contributed by atoms with E-state index < -0.39 is 18.9 Å². The normalized spacial score (nSPS) is 11.2. The third-order valence-electron chi connectivity index (χ3n) is 1.69. The summed E-state index contributed by atoms with van der Waals surface area (Å²) < 4.78 is 48.6. The number of nitriles is 1. The fourth-order valence-electron chi connectivity index (χ4n) is 0.881. The molecule has 0 unspecified atom stereocenters. The lowest BCUT2D eigenvalue weighted by Crippen LogP contribution is -2.35. The maximum absolute atomic E-state index is 12.5. The Balaban J connectivity index is 2.65. The van der Waals surface area contributed by atoms with Crippen LogP contribution in [-0.4, -0.2) is 23.9 Å². The molecule has 0 spiro atoms. The molecule has 0 aromatic carbocycles. The fourth-order valence-corrected chi connectivity index (χ4v) is 0.881. The zero-order valence-electron chi connectivity index (χ0n) is 7.92. The van der Waals surface area contributed by atoms with Gasteiger partial charge in [-0.05, 0) is 12.1 Å². The van der Waals surface area contributed by atoms with Crippen molar-refractivity contribution >= 4 is 5.82 Å². The molecule has 0 aliphatic rings. The first-order valence-corrected chi connectivity index (χ1v) is 4.23. The first-order chi connectivity index (χ1) is 7.45. The molecule has 1 rings (SSSR count). The van der Waals surface area contributed by atoms with Crippen molar-refractivity contribution in [2.24, 2.45) is 0 Å². The first-order valence-electron chi connectivity index (χ1n) is 4.23. The van der Waals surface area contributed by atoms with E-state index in [-0.39, 0.29) is 11.5 Å². The minimum atomic E-state index is -4.12. The van der Waals surface area contributed by atoms with E-state index in [2.05, 4.69) is 4.98 Å². The summed E-state index contributed by atoms with van der Waals surface area (Å²) in [5, 5.41) is 10.5. The van der Waals surface area contributed by atoms with Gasteiger partial charge in [0, 0.05) is 0 Å². The Morgan fingerprint density at radius 2 is 2.12 bits per heavy atom. The second-order valence-corrected chi connectivity index (χ2v) is 2.94. The van der Waals surface area contributed by atoms with E-state index in [0.717, 1.165) is 0 Å². The molecule has 7 heteroatoms. The maximum atomic E-state index is 12.5. The molecule has 0 saturated carbocycles. The molecule has 0 amide bonds. The summed E-state index contributed by atoms with van der Waals surface area (Å²) >= 11 is 0. The first kappa shape index (κ1) is 12.2. The third kappa shape index (κ3) is 3.08. The van der Waals surface area contributed by atoms with Gasteiger partial charge in [-0.15, -0.1) is 0 Å². The van der Waals surface area contributed by atoms with Gasteiger partial charge in [-0.3, -0.25) is 0 Å². The van der Waals surface area contributed by atoms with Gasteiger partial charge in [0.05, 0.1) is 6.54 Å². The van der Waals surface area contributed by atoms with Crippen molar-refractivity contribution in [2.75, 3.05) is 11.9 Å². The Morgan fingerprint density at radius 1 is 1.44 bits per heavy atom. The highest BCUT2D eigenvalue weighted by Crippen LogP contribution is 2.22. The summed E-state index contributed by atoms with van der Waals surface area (Å²) in [6, 6.07) is 5.79. The van der Waals surface area contributed by atoms with Gasteiger partial charge in [0.1, 0.15) is 17.6 Å². The molecule has 1 N–H and O–H groups in total. The van der Waals surface area contributed by atoms with Crippen LogP contribution in [0.4, 0.5) is 23.4 Å². The van der Waals surface area contributed by atoms with Gasteiger partial charge in [0.15, 0.2) is 0 Å². The predicted molar refractivity (Wildman–Crippen MR) is 48.4 cm³/mol. The summed E-state index contributed by atoms with van der Waals surface area (Å²) in [4.78, 5) is 3.60. The molecule has 1 heterocycles. The van der Waals surface area contributed by atoms with Crippen molar-refractivity contribution in [3.05, 3.63) is 23.9 Å². The molecule has 16 heavy (non-hydrogen) atoms. The summed E-state index contributed by atoms with van der Waals surface area (Å²) in [6.07, 6.45) is -3.74. The summed E-state index contributed by atoms with van der Waals surface area (Å²) in [5.41, 5.74) is 0.0189. The topological polar surface area (TPSA) is 48.7 Å². The summed E-state index contributed by atoms with van der Waals surface area (Å²) in [6.45, 7) is -1.23. The highest BCUT2D eigenvalue weighted by molar-refractivity contribution is 5.38. The second-order valence-electron chi connectivity index (χ2n) is 2.94. The Bertz CT molecular complexity index is 400. The van der Waals surface area contributed by atoms with Crippen LogP contribution in [0.2, 0.25) is 0 Å². The molecule has 1 aromatic rings. The van der Waals surface area contributed by atoms with Gasteiger partial charge in [-0.25, -0.2) is 13.8 Å². The van der Waals surface area contributed by atoms with Crippen LogP contribution in [0, 0.1) is 11.3 Å². The van der Waals surface area contributed by atoms with E-state index in [9.17, 15) is 17.6 Å². The van der Waals surface area contributed by atoms with E-state index in [0.29, 0.717) is 0 Å². The van der Waals surface area contributed by atoms with E-state index >= 15 is 0 Å². The number of nitrogens with zero attached hydrogens (tertiary/aromatic N) is 2. The van der Waals surface area contributed by atoms with Gasteiger partial charge in [0.2, 0.25) is 0 Å². The summed E-state index contributed by atoms with van der Waals surface area (Å²) in [5.74, 6) is -4.16. The molecule has 0 atom stereocenters. The van der Waals surface area contributed by atoms with E-state index in [1.807, 2.05) is 5.32 Å². The maximum Gasteiger partial charge on any atom is 0.324 e. The number of hydrogen-bond donors (Lipinski definition) is 1. The third-order valence-corrected chi connectivity index (χ3v) is 1.69. The number of halogens is 4. The predicted octanol–water partition coefficient (Wildman–Crippen LogP) is 2.27. The monoisotopic (exact) mass is 233 g/mol. The van der Waals surface area contributed by atoms with Crippen LogP contribution >= 0.6 is 0 Å². The lowest BCUT2D eigenvalue weighted by Gasteiger charge is -2.15. The molecule has 0 bridgehead atoms. The summed E-state index contributed by atoms with van der Waals surface area (Å²) in [7, 11) is 0. The number of aromatic nitrogens is 1. The average Bonchev–Trinajstić information content (AvgIpc) is 2.26. The largest absolute Gasteiger partial charge is 0.364 e. The molecule has 0 aliphatic carbocycles. The second kappa shape index (κ2) is 4.79. The van der Waals surface area contributed by atoms with Crippen molar-refractivity contribution in [3.63, 3.8) is 0 Å². The van der Waals surface area contributed by atoms with E-state index in [1.165, 1.54) is 18.2 Å². The Labute approximate surface area is 88.7 Å². The highest BCUT2D eigenvalue weighted by atomic mass is 19.3. The smallest absolute Gasteiger partial charge is 0.324 e.